The Morgan fingerprint density at radius 2 is 2.00 bits per heavy atom. The molecule has 1 aromatic carbocycles. The SMILES string of the molecule is CCOC(=O)/C=C(\C)N=Nc1ccc(C)cc1. The fourth-order valence-corrected chi connectivity index (χ4v) is 1.13. The lowest BCUT2D eigenvalue weighted by Gasteiger charge is -1.96. The molecule has 0 saturated carbocycles. The first kappa shape index (κ1) is 13.1. The molecule has 0 unspecified atom stereocenters. The number of allylic oxidation sites excluding steroid dienone is 1. The maximum Gasteiger partial charge on any atom is 0.332 e. The Balaban J connectivity index is 2.64. The molecule has 17 heavy (non-hydrogen) atoms. The lowest BCUT2D eigenvalue weighted by Crippen LogP contribution is -1.99. The van der Waals surface area contributed by atoms with Gasteiger partial charge >= 0.3 is 5.97 Å². The van der Waals surface area contributed by atoms with Gasteiger partial charge in [-0.3, -0.25) is 0 Å². The van der Waals surface area contributed by atoms with E-state index in [1.807, 2.05) is 31.2 Å². The molecule has 0 radical (unpaired) electrons. The molecule has 0 saturated heterocycles. The maximum atomic E-state index is 11.1. The predicted molar refractivity (Wildman–Crippen MR) is 66.1 cm³/mol. The molecule has 90 valence electrons. The van der Waals surface area contributed by atoms with Crippen molar-refractivity contribution < 1.29 is 9.53 Å². The molecular formula is C13H16N2O2. The van der Waals surface area contributed by atoms with Crippen LogP contribution in [-0.2, 0) is 9.53 Å². The van der Waals surface area contributed by atoms with Crippen LogP contribution in [0.5, 0.6) is 0 Å². The molecule has 0 heterocycles. The number of aryl methyl sites for hydroxylation is 1. The largest absolute Gasteiger partial charge is 0.463 e. The van der Waals surface area contributed by atoms with Crippen LogP contribution in [0.2, 0.25) is 0 Å². The van der Waals surface area contributed by atoms with Crippen molar-refractivity contribution in [3.63, 3.8) is 0 Å². The molecular weight excluding hydrogens is 216 g/mol. The minimum Gasteiger partial charge on any atom is -0.463 e. The van der Waals surface area contributed by atoms with Crippen molar-refractivity contribution in [1.82, 2.24) is 0 Å². The Morgan fingerprint density at radius 1 is 1.35 bits per heavy atom. The van der Waals surface area contributed by atoms with E-state index in [1.165, 1.54) is 11.6 Å². The van der Waals surface area contributed by atoms with Crippen molar-refractivity contribution in [3.05, 3.63) is 41.6 Å². The van der Waals surface area contributed by atoms with Crippen molar-refractivity contribution >= 4 is 11.7 Å². The van der Waals surface area contributed by atoms with E-state index >= 15 is 0 Å². The first-order valence-corrected chi connectivity index (χ1v) is 5.45. The normalized spacial score (nSPS) is 11.8. The number of hydrogen-bond acceptors (Lipinski definition) is 4. The lowest BCUT2D eigenvalue weighted by molar-refractivity contribution is -0.137. The van der Waals surface area contributed by atoms with Crippen molar-refractivity contribution in [2.75, 3.05) is 6.61 Å². The monoisotopic (exact) mass is 232 g/mol. The highest BCUT2D eigenvalue weighted by Crippen LogP contribution is 2.14. The van der Waals surface area contributed by atoms with Gasteiger partial charge in [-0.15, -0.1) is 0 Å². The van der Waals surface area contributed by atoms with Gasteiger partial charge < -0.3 is 4.74 Å². The summed E-state index contributed by atoms with van der Waals surface area (Å²) < 4.78 is 4.76. The Morgan fingerprint density at radius 3 is 2.59 bits per heavy atom. The molecule has 0 aliphatic carbocycles. The summed E-state index contributed by atoms with van der Waals surface area (Å²) >= 11 is 0. The van der Waals surface area contributed by atoms with Crippen LogP contribution in [0.1, 0.15) is 19.4 Å². The summed E-state index contributed by atoms with van der Waals surface area (Å²) in [6, 6.07) is 7.66. The molecule has 0 N–H and O–H groups in total. The fraction of sp³-hybridized carbons (Fsp3) is 0.308. The van der Waals surface area contributed by atoms with Gasteiger partial charge in [-0.2, -0.15) is 10.2 Å². The zero-order chi connectivity index (χ0) is 12.7. The molecule has 0 aromatic heterocycles. The molecule has 4 nitrogen and oxygen atoms in total. The topological polar surface area (TPSA) is 51.0 Å². The van der Waals surface area contributed by atoms with Crippen molar-refractivity contribution in [2.45, 2.75) is 20.8 Å². The highest BCUT2D eigenvalue weighted by molar-refractivity contribution is 5.82. The Hall–Kier alpha value is -1.97. The molecule has 0 aliphatic rings. The molecule has 4 heteroatoms. The summed E-state index contributed by atoms with van der Waals surface area (Å²) in [6.07, 6.45) is 1.32. The van der Waals surface area contributed by atoms with Crippen LogP contribution in [0.25, 0.3) is 0 Å². The second-order valence-corrected chi connectivity index (χ2v) is 3.57. The van der Waals surface area contributed by atoms with Crippen molar-refractivity contribution in [1.29, 1.82) is 0 Å². The van der Waals surface area contributed by atoms with Gasteiger partial charge in [0.1, 0.15) is 0 Å². The zero-order valence-electron chi connectivity index (χ0n) is 10.3. The van der Waals surface area contributed by atoms with E-state index in [9.17, 15) is 4.79 Å². The fourth-order valence-electron chi connectivity index (χ4n) is 1.13. The quantitative estimate of drug-likeness (QED) is 0.453. The third-order valence-corrected chi connectivity index (χ3v) is 1.97. The number of carbonyl (C=O) groups is 1. The molecule has 0 spiro atoms. The number of benzene rings is 1. The second-order valence-electron chi connectivity index (χ2n) is 3.57. The van der Waals surface area contributed by atoms with Gasteiger partial charge in [-0.05, 0) is 32.9 Å². The van der Waals surface area contributed by atoms with Crippen LogP contribution in [0.3, 0.4) is 0 Å². The van der Waals surface area contributed by atoms with E-state index in [-0.39, 0.29) is 0 Å². The zero-order valence-corrected chi connectivity index (χ0v) is 10.3. The van der Waals surface area contributed by atoms with Crippen LogP contribution in [-0.4, -0.2) is 12.6 Å². The van der Waals surface area contributed by atoms with Crippen LogP contribution in [0, 0.1) is 6.92 Å². The molecule has 0 atom stereocenters. The highest BCUT2D eigenvalue weighted by Gasteiger charge is 1.96. The van der Waals surface area contributed by atoms with E-state index < -0.39 is 5.97 Å². The standard InChI is InChI=1S/C13H16N2O2/c1-4-17-13(16)9-11(3)14-15-12-7-5-10(2)6-8-12/h5-9H,4H2,1-3H3/b11-9+,15-14?. The van der Waals surface area contributed by atoms with Gasteiger partial charge in [0.25, 0.3) is 0 Å². The number of carbonyl (C=O) groups excluding carboxylic acids is 1. The van der Waals surface area contributed by atoms with Gasteiger partial charge in [0, 0.05) is 6.08 Å². The summed E-state index contributed by atoms with van der Waals surface area (Å²) in [6.45, 7) is 5.83. The van der Waals surface area contributed by atoms with Crippen molar-refractivity contribution in [3.8, 4) is 0 Å². The Kier molecular flexibility index (Phi) is 5.07. The molecule has 0 amide bonds. The van der Waals surface area contributed by atoms with Gasteiger partial charge in [-0.1, -0.05) is 17.7 Å². The number of nitrogens with zero attached hydrogens (tertiary/aromatic N) is 2. The molecule has 0 bridgehead atoms. The number of esters is 1. The van der Waals surface area contributed by atoms with Crippen molar-refractivity contribution in [2.24, 2.45) is 10.2 Å². The predicted octanol–water partition coefficient (Wildman–Crippen LogP) is 3.55. The highest BCUT2D eigenvalue weighted by atomic mass is 16.5. The Bertz CT molecular complexity index is 433. The minimum absolute atomic E-state index is 0.359. The summed E-state index contributed by atoms with van der Waals surface area (Å²) in [5.41, 5.74) is 2.44. The van der Waals surface area contributed by atoms with Crippen LogP contribution >= 0.6 is 0 Å². The van der Waals surface area contributed by atoms with Crippen LogP contribution in [0.15, 0.2) is 46.3 Å². The number of hydrogen-bond donors (Lipinski definition) is 0. The maximum absolute atomic E-state index is 11.1. The number of azo groups is 1. The van der Waals surface area contributed by atoms with E-state index in [4.69, 9.17) is 4.74 Å². The van der Waals surface area contributed by atoms with E-state index in [1.54, 1.807) is 13.8 Å². The third kappa shape index (κ3) is 5.06. The molecule has 1 aromatic rings. The van der Waals surface area contributed by atoms with E-state index in [2.05, 4.69) is 10.2 Å². The van der Waals surface area contributed by atoms with Gasteiger partial charge in [0.2, 0.25) is 0 Å². The van der Waals surface area contributed by atoms with E-state index in [0.29, 0.717) is 12.3 Å². The Labute approximate surface area is 101 Å². The summed E-state index contributed by atoms with van der Waals surface area (Å²) in [5, 5.41) is 7.94. The van der Waals surface area contributed by atoms with Crippen LogP contribution in [0.4, 0.5) is 5.69 Å². The number of rotatable bonds is 4. The van der Waals surface area contributed by atoms with E-state index in [0.717, 1.165) is 5.69 Å². The average molecular weight is 232 g/mol. The second kappa shape index (κ2) is 6.58. The summed E-state index contributed by atoms with van der Waals surface area (Å²) in [4.78, 5) is 11.1. The number of ether oxygens (including phenoxy) is 1. The first-order valence-electron chi connectivity index (χ1n) is 5.45. The molecule has 0 aliphatic heterocycles. The average Bonchev–Trinajstić information content (AvgIpc) is 2.28. The first-order chi connectivity index (χ1) is 8.11. The third-order valence-electron chi connectivity index (χ3n) is 1.97. The van der Waals surface area contributed by atoms with Gasteiger partial charge in [0.05, 0.1) is 18.0 Å². The van der Waals surface area contributed by atoms with Gasteiger partial charge in [-0.25, -0.2) is 4.79 Å². The molecule has 1 rings (SSSR count). The van der Waals surface area contributed by atoms with Gasteiger partial charge in [0.15, 0.2) is 0 Å². The lowest BCUT2D eigenvalue weighted by atomic mass is 10.2. The summed E-state index contributed by atoms with van der Waals surface area (Å²) in [7, 11) is 0. The molecule has 0 fully saturated rings. The summed E-state index contributed by atoms with van der Waals surface area (Å²) in [5.74, 6) is -0.396. The van der Waals surface area contributed by atoms with Crippen LogP contribution < -0.4 is 0 Å². The smallest absolute Gasteiger partial charge is 0.332 e. The minimum atomic E-state index is -0.396.